The number of carbonyl (C=O) groups is 1. The molecule has 4 N–H and O–H groups in total. The maximum absolute atomic E-state index is 9.93. The smallest absolute Gasteiger partial charge is 0.548 e. The molecule has 0 saturated carbocycles. The van der Waals surface area contributed by atoms with Crippen LogP contribution in [0, 0.1) is 0 Å². The van der Waals surface area contributed by atoms with Gasteiger partial charge in [-0.25, -0.2) is 0 Å². The molecule has 4 nitrogen and oxygen atoms in total. The molecule has 5 heteroatoms. The molecule has 0 spiro atoms. The first-order chi connectivity index (χ1) is 4.18. The molecular formula is C5H11N2NaO2. The van der Waals surface area contributed by atoms with Gasteiger partial charge in [0.1, 0.15) is 0 Å². The summed E-state index contributed by atoms with van der Waals surface area (Å²) in [6, 6.07) is -0.853. The van der Waals surface area contributed by atoms with Gasteiger partial charge in [-0.1, -0.05) is 0 Å². The quantitative estimate of drug-likeness (QED) is 0.396. The van der Waals surface area contributed by atoms with Crippen molar-refractivity contribution in [3.8, 4) is 0 Å². The summed E-state index contributed by atoms with van der Waals surface area (Å²) in [4.78, 5) is 9.93. The van der Waals surface area contributed by atoms with Gasteiger partial charge in [-0.05, 0) is 19.4 Å². The van der Waals surface area contributed by atoms with Crippen LogP contribution < -0.4 is 46.1 Å². The van der Waals surface area contributed by atoms with E-state index in [0.29, 0.717) is 19.4 Å². The zero-order valence-corrected chi connectivity index (χ0v) is 8.17. The Labute approximate surface area is 82.2 Å². The second-order valence-electron chi connectivity index (χ2n) is 1.86. The number of carboxylic acids is 1. The van der Waals surface area contributed by atoms with Gasteiger partial charge in [0.25, 0.3) is 0 Å². The normalized spacial score (nSPS) is 11.8. The van der Waals surface area contributed by atoms with E-state index in [4.69, 9.17) is 11.5 Å². The fourth-order valence-electron chi connectivity index (χ4n) is 0.456. The summed E-state index contributed by atoms with van der Waals surface area (Å²) in [5.41, 5.74) is 10.2. The minimum absolute atomic E-state index is 0. The van der Waals surface area contributed by atoms with E-state index in [1.54, 1.807) is 0 Å². The van der Waals surface area contributed by atoms with Gasteiger partial charge in [0.05, 0.1) is 5.97 Å². The summed E-state index contributed by atoms with van der Waals surface area (Å²) in [6.07, 6.45) is 1.04. The molecule has 10 heavy (non-hydrogen) atoms. The molecule has 54 valence electrons. The van der Waals surface area contributed by atoms with Gasteiger partial charge in [-0.2, -0.15) is 0 Å². The van der Waals surface area contributed by atoms with Crippen LogP contribution in [0.15, 0.2) is 0 Å². The molecule has 0 aliphatic rings. The summed E-state index contributed by atoms with van der Waals surface area (Å²) >= 11 is 0. The number of nitrogens with two attached hydrogens (primary N) is 2. The first-order valence-corrected chi connectivity index (χ1v) is 2.85. The van der Waals surface area contributed by atoms with Crippen molar-refractivity contribution in [2.45, 2.75) is 18.9 Å². The molecule has 0 aromatic carbocycles. The molecular weight excluding hydrogens is 143 g/mol. The Hall–Kier alpha value is 0.390. The van der Waals surface area contributed by atoms with Crippen molar-refractivity contribution in [3.05, 3.63) is 0 Å². The largest absolute Gasteiger partial charge is 1.00 e. The SMILES string of the molecule is NCCC[C@H](N)C(=O)[O-].[Na+]. The predicted molar refractivity (Wildman–Crippen MR) is 31.3 cm³/mol. The van der Waals surface area contributed by atoms with Crippen LogP contribution in [0.3, 0.4) is 0 Å². The molecule has 0 fully saturated rings. The van der Waals surface area contributed by atoms with Gasteiger partial charge >= 0.3 is 29.6 Å². The van der Waals surface area contributed by atoms with Crippen LogP contribution in [0.2, 0.25) is 0 Å². The minimum atomic E-state index is -1.21. The number of aliphatic carboxylic acids is 1. The van der Waals surface area contributed by atoms with Crippen molar-refractivity contribution < 1.29 is 39.5 Å². The Morgan fingerprint density at radius 2 is 2.10 bits per heavy atom. The number of hydrogen-bond acceptors (Lipinski definition) is 4. The van der Waals surface area contributed by atoms with Gasteiger partial charge in [-0.3, -0.25) is 0 Å². The van der Waals surface area contributed by atoms with Crippen molar-refractivity contribution in [2.75, 3.05) is 6.54 Å². The fourth-order valence-corrected chi connectivity index (χ4v) is 0.456. The third-order valence-corrected chi connectivity index (χ3v) is 1.02. The standard InChI is InChI=1S/C5H12N2O2.Na/c6-3-1-2-4(7)5(8)9;/h4H,1-3,6-7H2,(H,8,9);/q;+1/p-1/t4-;/m0./s1. The Morgan fingerprint density at radius 3 is 2.40 bits per heavy atom. The zero-order valence-electron chi connectivity index (χ0n) is 6.17. The maximum Gasteiger partial charge on any atom is 1.00 e. The van der Waals surface area contributed by atoms with Crippen LogP contribution in [0.25, 0.3) is 0 Å². The van der Waals surface area contributed by atoms with Gasteiger partial charge < -0.3 is 21.4 Å². The Bertz CT molecular complexity index is 99.6. The van der Waals surface area contributed by atoms with Crippen molar-refractivity contribution in [1.82, 2.24) is 0 Å². The van der Waals surface area contributed by atoms with E-state index >= 15 is 0 Å². The molecule has 0 amide bonds. The van der Waals surface area contributed by atoms with Gasteiger partial charge in [0.2, 0.25) is 0 Å². The number of carboxylic acid groups (broad SMARTS) is 1. The van der Waals surface area contributed by atoms with Gasteiger partial charge in [-0.15, -0.1) is 0 Å². The zero-order chi connectivity index (χ0) is 7.28. The van der Waals surface area contributed by atoms with Crippen molar-refractivity contribution in [1.29, 1.82) is 0 Å². The minimum Gasteiger partial charge on any atom is -0.548 e. The third-order valence-electron chi connectivity index (χ3n) is 1.02. The van der Waals surface area contributed by atoms with Crippen LogP contribution in [-0.4, -0.2) is 18.6 Å². The molecule has 0 unspecified atom stereocenters. The predicted octanol–water partition coefficient (Wildman–Crippen LogP) is -5.19. The topological polar surface area (TPSA) is 92.2 Å². The average Bonchev–Trinajstić information content (AvgIpc) is 1.82. The van der Waals surface area contributed by atoms with E-state index in [1.807, 2.05) is 0 Å². The molecule has 0 aromatic rings. The Balaban J connectivity index is 0. The van der Waals surface area contributed by atoms with Crippen LogP contribution in [-0.2, 0) is 4.79 Å². The Morgan fingerprint density at radius 1 is 1.60 bits per heavy atom. The maximum atomic E-state index is 9.93. The molecule has 1 atom stereocenters. The molecule has 0 aliphatic carbocycles. The van der Waals surface area contributed by atoms with Crippen LogP contribution in [0.5, 0.6) is 0 Å². The van der Waals surface area contributed by atoms with Gasteiger partial charge in [0.15, 0.2) is 0 Å². The van der Waals surface area contributed by atoms with Crippen LogP contribution >= 0.6 is 0 Å². The molecule has 0 heterocycles. The first kappa shape index (κ1) is 13.0. The number of carbonyl (C=O) groups excluding carboxylic acids is 1. The second-order valence-corrected chi connectivity index (χ2v) is 1.86. The van der Waals surface area contributed by atoms with Crippen LogP contribution in [0.1, 0.15) is 12.8 Å². The fraction of sp³-hybridized carbons (Fsp3) is 0.800. The molecule has 0 aliphatic heterocycles. The summed E-state index contributed by atoms with van der Waals surface area (Å²) in [7, 11) is 0. The molecule has 0 bridgehead atoms. The van der Waals surface area contributed by atoms with Crippen molar-refractivity contribution in [2.24, 2.45) is 11.5 Å². The third kappa shape index (κ3) is 6.51. The summed E-state index contributed by atoms with van der Waals surface area (Å²) in [6.45, 7) is 0.473. The van der Waals surface area contributed by atoms with Crippen molar-refractivity contribution in [3.63, 3.8) is 0 Å². The molecule has 0 saturated heterocycles. The average molecular weight is 154 g/mol. The monoisotopic (exact) mass is 154 g/mol. The van der Waals surface area contributed by atoms with E-state index in [1.165, 1.54) is 0 Å². The van der Waals surface area contributed by atoms with E-state index < -0.39 is 12.0 Å². The molecule has 0 aromatic heterocycles. The number of hydrogen-bond donors (Lipinski definition) is 2. The second kappa shape index (κ2) is 7.50. The van der Waals surface area contributed by atoms with E-state index in [-0.39, 0.29) is 29.6 Å². The van der Waals surface area contributed by atoms with Gasteiger partial charge in [0, 0.05) is 6.04 Å². The summed E-state index contributed by atoms with van der Waals surface area (Å²) in [5.74, 6) is -1.21. The number of rotatable bonds is 4. The van der Waals surface area contributed by atoms with Crippen LogP contribution in [0.4, 0.5) is 0 Å². The van der Waals surface area contributed by atoms with E-state index in [2.05, 4.69) is 0 Å². The van der Waals surface area contributed by atoms with Crippen molar-refractivity contribution >= 4 is 5.97 Å². The molecule has 0 radical (unpaired) electrons. The summed E-state index contributed by atoms with van der Waals surface area (Å²) in [5, 5.41) is 9.93. The molecule has 0 rings (SSSR count). The first-order valence-electron chi connectivity index (χ1n) is 2.85. The Kier molecular flexibility index (Phi) is 9.76. The summed E-state index contributed by atoms with van der Waals surface area (Å²) < 4.78 is 0. The van der Waals surface area contributed by atoms with E-state index in [0.717, 1.165) is 0 Å². The van der Waals surface area contributed by atoms with E-state index in [9.17, 15) is 9.90 Å².